The van der Waals surface area contributed by atoms with Gasteiger partial charge in [-0.15, -0.1) is 0 Å². The number of carbonyl (C=O) groups excluding carboxylic acids is 1. The van der Waals surface area contributed by atoms with Crippen LogP contribution in [0.1, 0.15) is 17.2 Å². The Morgan fingerprint density at radius 1 is 1.21 bits per heavy atom. The lowest BCUT2D eigenvalue weighted by molar-refractivity contribution is 0.173. The van der Waals surface area contributed by atoms with E-state index in [1.54, 1.807) is 31.4 Å². The molecule has 2 aromatic rings. The van der Waals surface area contributed by atoms with Gasteiger partial charge in [-0.25, -0.2) is 4.79 Å². The third-order valence-electron chi connectivity index (χ3n) is 3.55. The molecule has 0 saturated carbocycles. The average Bonchev–Trinajstić information content (AvgIpc) is 2.61. The van der Waals surface area contributed by atoms with Crippen LogP contribution < -0.4 is 15.4 Å². The minimum atomic E-state index is -0.790. The minimum Gasteiger partial charge on any atom is -0.497 e. The number of hydrogen-bond acceptors (Lipinski definition) is 3. The molecule has 2 amide bonds. The summed E-state index contributed by atoms with van der Waals surface area (Å²) in [6, 6.07) is 14.3. The topological polar surface area (TPSA) is 70.6 Å². The molecule has 1 unspecified atom stereocenters. The normalized spacial score (nSPS) is 11.6. The van der Waals surface area contributed by atoms with E-state index in [1.165, 1.54) is 0 Å². The number of aliphatic hydroxyl groups excluding tert-OH is 1. The summed E-state index contributed by atoms with van der Waals surface area (Å²) in [7, 11) is 1.57. The highest BCUT2D eigenvalue weighted by Crippen LogP contribution is 2.18. The summed E-state index contributed by atoms with van der Waals surface area (Å²) in [5.74, 6) is 0.666. The number of hydrogen-bond donors (Lipinski definition) is 3. The number of aliphatic hydroxyl groups is 1. The van der Waals surface area contributed by atoms with Crippen LogP contribution in [0.4, 0.5) is 4.79 Å². The van der Waals surface area contributed by atoms with Crippen LogP contribution in [0.2, 0.25) is 5.02 Å². The fourth-order valence-corrected chi connectivity index (χ4v) is 2.32. The molecule has 2 rings (SSSR count). The lowest BCUT2D eigenvalue weighted by Gasteiger charge is -2.14. The molecule has 1 atom stereocenters. The van der Waals surface area contributed by atoms with Gasteiger partial charge < -0.3 is 20.5 Å². The first kappa shape index (κ1) is 18.1. The molecule has 0 saturated heterocycles. The maximum atomic E-state index is 11.8. The van der Waals surface area contributed by atoms with Gasteiger partial charge in [0.2, 0.25) is 0 Å². The predicted octanol–water partition coefficient (Wildman–Crippen LogP) is 2.92. The number of halogens is 1. The van der Waals surface area contributed by atoms with E-state index in [0.717, 1.165) is 5.56 Å². The Balaban J connectivity index is 1.71. The molecule has 128 valence electrons. The van der Waals surface area contributed by atoms with Gasteiger partial charge in [0.05, 0.1) is 13.2 Å². The molecule has 0 bridgehead atoms. The molecule has 0 aromatic heterocycles. The van der Waals surface area contributed by atoms with Gasteiger partial charge in [-0.1, -0.05) is 35.9 Å². The molecule has 0 heterocycles. The van der Waals surface area contributed by atoms with Crippen molar-refractivity contribution in [1.29, 1.82) is 0 Å². The second kappa shape index (κ2) is 9.15. The number of nitrogens with one attached hydrogen (secondary N) is 2. The summed E-state index contributed by atoms with van der Waals surface area (Å²) in [6.07, 6.45) is -0.0784. The van der Waals surface area contributed by atoms with Crippen molar-refractivity contribution in [3.8, 4) is 5.75 Å². The molecule has 6 heteroatoms. The first-order valence-electron chi connectivity index (χ1n) is 7.66. The Bertz CT molecular complexity index is 662. The van der Waals surface area contributed by atoms with Crippen LogP contribution in [0, 0.1) is 0 Å². The summed E-state index contributed by atoms with van der Waals surface area (Å²) >= 11 is 5.83. The number of ether oxygens (including phenoxy) is 1. The van der Waals surface area contributed by atoms with E-state index in [9.17, 15) is 9.90 Å². The summed E-state index contributed by atoms with van der Waals surface area (Å²) in [5, 5.41) is 16.2. The number of benzene rings is 2. The molecule has 0 aliphatic heterocycles. The van der Waals surface area contributed by atoms with Gasteiger partial charge in [0.15, 0.2) is 0 Å². The predicted molar refractivity (Wildman–Crippen MR) is 94.5 cm³/mol. The maximum Gasteiger partial charge on any atom is 0.314 e. The van der Waals surface area contributed by atoms with Crippen LogP contribution >= 0.6 is 11.6 Å². The zero-order valence-electron chi connectivity index (χ0n) is 13.5. The molecule has 0 spiro atoms. The third kappa shape index (κ3) is 5.76. The smallest absolute Gasteiger partial charge is 0.314 e. The van der Waals surface area contributed by atoms with Crippen LogP contribution in [-0.2, 0) is 6.42 Å². The second-order valence-corrected chi connectivity index (χ2v) is 5.74. The zero-order valence-corrected chi connectivity index (χ0v) is 14.2. The van der Waals surface area contributed by atoms with Crippen molar-refractivity contribution >= 4 is 17.6 Å². The van der Waals surface area contributed by atoms with Crippen LogP contribution in [0.15, 0.2) is 48.5 Å². The zero-order chi connectivity index (χ0) is 17.4. The molecule has 3 N–H and O–H groups in total. The van der Waals surface area contributed by atoms with Crippen LogP contribution in [0.5, 0.6) is 5.75 Å². The highest BCUT2D eigenvalue weighted by atomic mass is 35.5. The van der Waals surface area contributed by atoms with Gasteiger partial charge in [-0.2, -0.15) is 0 Å². The van der Waals surface area contributed by atoms with Gasteiger partial charge >= 0.3 is 6.03 Å². The first-order chi connectivity index (χ1) is 11.6. The Labute approximate surface area is 146 Å². The molecule has 5 nitrogen and oxygen atoms in total. The van der Waals surface area contributed by atoms with Crippen molar-refractivity contribution in [3.05, 3.63) is 64.7 Å². The summed E-state index contributed by atoms with van der Waals surface area (Å²) in [6.45, 7) is 0.628. The number of amides is 2. The van der Waals surface area contributed by atoms with E-state index < -0.39 is 6.10 Å². The number of methoxy groups -OCH3 is 1. The van der Waals surface area contributed by atoms with Crippen LogP contribution in [-0.4, -0.2) is 31.3 Å². The molecule has 0 fully saturated rings. The van der Waals surface area contributed by atoms with Crippen LogP contribution in [0.25, 0.3) is 0 Å². The van der Waals surface area contributed by atoms with E-state index in [1.807, 2.05) is 24.3 Å². The highest BCUT2D eigenvalue weighted by Gasteiger charge is 2.10. The van der Waals surface area contributed by atoms with Gasteiger partial charge in [0, 0.05) is 18.1 Å². The molecule has 2 aromatic carbocycles. The molecule has 0 radical (unpaired) electrons. The van der Waals surface area contributed by atoms with Gasteiger partial charge in [0.1, 0.15) is 5.75 Å². The van der Waals surface area contributed by atoms with Gasteiger partial charge in [-0.05, 0) is 41.8 Å². The van der Waals surface area contributed by atoms with E-state index in [4.69, 9.17) is 16.3 Å². The van der Waals surface area contributed by atoms with E-state index in [0.29, 0.717) is 29.3 Å². The van der Waals surface area contributed by atoms with Crippen molar-refractivity contribution in [2.24, 2.45) is 0 Å². The van der Waals surface area contributed by atoms with Crippen molar-refractivity contribution in [2.45, 2.75) is 12.5 Å². The maximum absolute atomic E-state index is 11.8. The Kier molecular flexibility index (Phi) is 6.90. The SMILES string of the molecule is COc1cccc(C(O)CNC(=O)NCCc2ccc(Cl)cc2)c1. The first-order valence-corrected chi connectivity index (χ1v) is 8.04. The number of urea groups is 1. The fraction of sp³-hybridized carbons (Fsp3) is 0.278. The van der Waals surface area contributed by atoms with Crippen LogP contribution in [0.3, 0.4) is 0 Å². The Hall–Kier alpha value is -2.24. The van der Waals surface area contributed by atoms with E-state index in [2.05, 4.69) is 10.6 Å². The van der Waals surface area contributed by atoms with Crippen molar-refractivity contribution in [1.82, 2.24) is 10.6 Å². The van der Waals surface area contributed by atoms with E-state index >= 15 is 0 Å². The standard InChI is InChI=1S/C18H21ClN2O3/c1-24-16-4-2-3-14(11-16)17(22)12-21-18(23)20-10-9-13-5-7-15(19)8-6-13/h2-8,11,17,22H,9-10,12H2,1H3,(H2,20,21,23). The van der Waals surface area contributed by atoms with Gasteiger partial charge in [-0.3, -0.25) is 0 Å². The van der Waals surface area contributed by atoms with E-state index in [-0.39, 0.29) is 12.6 Å². The fourth-order valence-electron chi connectivity index (χ4n) is 2.19. The summed E-state index contributed by atoms with van der Waals surface area (Å²) in [4.78, 5) is 11.8. The molecular weight excluding hydrogens is 328 g/mol. The molecular formula is C18H21ClN2O3. The molecule has 0 aliphatic carbocycles. The quantitative estimate of drug-likeness (QED) is 0.720. The van der Waals surface area contributed by atoms with Crippen molar-refractivity contribution < 1.29 is 14.6 Å². The lowest BCUT2D eigenvalue weighted by atomic mass is 10.1. The van der Waals surface area contributed by atoms with Crippen molar-refractivity contribution in [2.75, 3.05) is 20.2 Å². The molecule has 24 heavy (non-hydrogen) atoms. The summed E-state index contributed by atoms with van der Waals surface area (Å²) < 4.78 is 5.11. The lowest BCUT2D eigenvalue weighted by Crippen LogP contribution is -2.38. The minimum absolute atomic E-state index is 0.125. The highest BCUT2D eigenvalue weighted by molar-refractivity contribution is 6.30. The largest absolute Gasteiger partial charge is 0.497 e. The second-order valence-electron chi connectivity index (χ2n) is 5.31. The number of carbonyl (C=O) groups is 1. The third-order valence-corrected chi connectivity index (χ3v) is 3.80. The Morgan fingerprint density at radius 3 is 2.67 bits per heavy atom. The monoisotopic (exact) mass is 348 g/mol. The Morgan fingerprint density at radius 2 is 1.96 bits per heavy atom. The molecule has 0 aliphatic rings. The van der Waals surface area contributed by atoms with Gasteiger partial charge in [0.25, 0.3) is 0 Å². The van der Waals surface area contributed by atoms with Crippen molar-refractivity contribution in [3.63, 3.8) is 0 Å². The summed E-state index contributed by atoms with van der Waals surface area (Å²) in [5.41, 5.74) is 1.78. The average molecular weight is 349 g/mol. The number of rotatable bonds is 7.